The molecule has 1 aliphatic heterocycles. The molecular formula is C26H28ClN5O6S. The van der Waals surface area contributed by atoms with Crippen LogP contribution in [0.25, 0.3) is 11.3 Å². The second-order valence-electron chi connectivity index (χ2n) is 8.91. The molecule has 2 aromatic heterocycles. The molecule has 1 saturated heterocycles. The SMILES string of the molecule is [CH]c1cc(Cl)cc(-c2cc(COS(C)(=O)=O)cc(Oc3cnc(N4CCN(CCC(=O)OC)CC4)nc3)n2)c1. The number of anilines is 1. The summed E-state index contributed by atoms with van der Waals surface area (Å²) in [5.74, 6) is 0.880. The van der Waals surface area contributed by atoms with Gasteiger partial charge in [-0.15, -0.1) is 0 Å². The fraction of sp³-hybridized carbons (Fsp3) is 0.346. The topological polar surface area (TPSA) is 124 Å². The summed E-state index contributed by atoms with van der Waals surface area (Å²) >= 11 is 6.17. The zero-order valence-corrected chi connectivity index (χ0v) is 23.1. The zero-order valence-electron chi connectivity index (χ0n) is 21.5. The van der Waals surface area contributed by atoms with Crippen LogP contribution in [0.5, 0.6) is 11.6 Å². The Balaban J connectivity index is 1.47. The molecule has 0 N–H and O–H groups in total. The van der Waals surface area contributed by atoms with Crippen molar-refractivity contribution in [3.8, 4) is 22.9 Å². The van der Waals surface area contributed by atoms with Crippen LogP contribution in [0.4, 0.5) is 5.95 Å². The number of rotatable bonds is 10. The summed E-state index contributed by atoms with van der Waals surface area (Å²) in [7, 11) is -2.27. The lowest BCUT2D eigenvalue weighted by Crippen LogP contribution is -2.47. The van der Waals surface area contributed by atoms with Crippen LogP contribution in [0.1, 0.15) is 17.5 Å². The lowest BCUT2D eigenvalue weighted by Gasteiger charge is -2.34. The summed E-state index contributed by atoms with van der Waals surface area (Å²) in [5, 5.41) is 0.431. The van der Waals surface area contributed by atoms with Gasteiger partial charge in [-0.05, 0) is 42.3 Å². The first kappa shape index (κ1) is 28.7. The molecule has 13 heteroatoms. The Labute approximate surface area is 232 Å². The van der Waals surface area contributed by atoms with Crippen LogP contribution in [0, 0.1) is 6.92 Å². The Kier molecular flexibility index (Phi) is 9.33. The molecule has 0 bridgehead atoms. The number of esters is 1. The van der Waals surface area contributed by atoms with Crippen LogP contribution in [0.2, 0.25) is 5.02 Å². The highest BCUT2D eigenvalue weighted by Crippen LogP contribution is 2.29. The first-order valence-electron chi connectivity index (χ1n) is 12.0. The third kappa shape index (κ3) is 8.59. The fourth-order valence-electron chi connectivity index (χ4n) is 3.95. The Bertz CT molecular complexity index is 1390. The van der Waals surface area contributed by atoms with Gasteiger partial charge in [-0.25, -0.2) is 15.0 Å². The third-order valence-corrected chi connectivity index (χ3v) is 6.63. The van der Waals surface area contributed by atoms with E-state index >= 15 is 0 Å². The van der Waals surface area contributed by atoms with Crippen molar-refractivity contribution < 1.29 is 26.9 Å². The molecule has 0 saturated carbocycles. The average Bonchev–Trinajstić information content (AvgIpc) is 2.90. The number of piperazine rings is 1. The van der Waals surface area contributed by atoms with E-state index < -0.39 is 10.1 Å². The van der Waals surface area contributed by atoms with E-state index in [-0.39, 0.29) is 18.5 Å². The molecule has 2 radical (unpaired) electrons. The van der Waals surface area contributed by atoms with Gasteiger partial charge in [0.2, 0.25) is 11.8 Å². The van der Waals surface area contributed by atoms with Crippen LogP contribution in [0.15, 0.2) is 42.7 Å². The molecule has 0 atom stereocenters. The quantitative estimate of drug-likeness (QED) is 0.262. The van der Waals surface area contributed by atoms with Crippen molar-refractivity contribution in [1.29, 1.82) is 0 Å². The van der Waals surface area contributed by atoms with E-state index in [0.29, 0.717) is 52.1 Å². The minimum atomic E-state index is -3.66. The predicted octanol–water partition coefficient (Wildman–Crippen LogP) is 3.20. The molecule has 206 valence electrons. The normalized spacial score (nSPS) is 14.3. The van der Waals surface area contributed by atoms with Gasteiger partial charge < -0.3 is 14.4 Å². The van der Waals surface area contributed by atoms with Gasteiger partial charge in [-0.3, -0.25) is 13.9 Å². The highest BCUT2D eigenvalue weighted by atomic mass is 35.5. The summed E-state index contributed by atoms with van der Waals surface area (Å²) in [6.07, 6.45) is 4.43. The maximum Gasteiger partial charge on any atom is 0.306 e. The number of aromatic nitrogens is 3. The molecule has 1 aliphatic rings. The van der Waals surface area contributed by atoms with Gasteiger partial charge in [0.05, 0.1) is 44.5 Å². The van der Waals surface area contributed by atoms with Gasteiger partial charge in [0, 0.05) is 49.4 Å². The van der Waals surface area contributed by atoms with Crippen LogP contribution < -0.4 is 9.64 Å². The van der Waals surface area contributed by atoms with Crippen molar-refractivity contribution in [2.24, 2.45) is 0 Å². The molecule has 4 rings (SSSR count). The molecule has 0 amide bonds. The molecule has 0 spiro atoms. The van der Waals surface area contributed by atoms with Crippen molar-refractivity contribution >= 4 is 33.6 Å². The van der Waals surface area contributed by atoms with Crippen molar-refractivity contribution in [1.82, 2.24) is 19.9 Å². The van der Waals surface area contributed by atoms with Gasteiger partial charge in [-0.1, -0.05) is 11.6 Å². The van der Waals surface area contributed by atoms with Gasteiger partial charge in [0.1, 0.15) is 0 Å². The number of halogens is 1. The first-order valence-corrected chi connectivity index (χ1v) is 14.2. The summed E-state index contributed by atoms with van der Waals surface area (Å²) in [5.41, 5.74) is 2.06. The van der Waals surface area contributed by atoms with Crippen molar-refractivity contribution in [3.63, 3.8) is 0 Å². The number of carbonyl (C=O) groups is 1. The summed E-state index contributed by atoms with van der Waals surface area (Å²) in [6.45, 7) is 9.38. The van der Waals surface area contributed by atoms with Crippen molar-refractivity contribution in [2.45, 2.75) is 13.0 Å². The summed E-state index contributed by atoms with van der Waals surface area (Å²) in [4.78, 5) is 29.0. The number of nitrogens with zero attached hydrogens (tertiary/aromatic N) is 5. The van der Waals surface area contributed by atoms with E-state index in [1.807, 2.05) is 0 Å². The van der Waals surface area contributed by atoms with Crippen LogP contribution >= 0.6 is 11.6 Å². The van der Waals surface area contributed by atoms with Crippen LogP contribution in [-0.2, 0) is 30.4 Å². The lowest BCUT2D eigenvalue weighted by molar-refractivity contribution is -0.141. The molecule has 0 unspecified atom stereocenters. The zero-order chi connectivity index (χ0) is 28.0. The maximum absolute atomic E-state index is 11.5. The number of carbonyl (C=O) groups excluding carboxylic acids is 1. The molecule has 1 fully saturated rings. The molecule has 39 heavy (non-hydrogen) atoms. The summed E-state index contributed by atoms with van der Waals surface area (Å²) in [6, 6.07) is 8.25. The average molecular weight is 574 g/mol. The Morgan fingerprint density at radius 3 is 2.44 bits per heavy atom. The maximum atomic E-state index is 11.5. The number of pyridine rings is 1. The standard InChI is InChI=1S/C26H28ClN5O6S/c1-18-10-20(14-21(27)11-18)23-12-19(17-37-39(3,34)35)13-24(30-23)38-22-15-28-26(29-16-22)32-8-6-31(7-9-32)5-4-25(33)36-2/h1,10-16H,4-9,17H2,2-3H3. The molecule has 11 nitrogen and oxygen atoms in total. The number of hydrogen-bond acceptors (Lipinski definition) is 11. The van der Waals surface area contributed by atoms with Crippen molar-refractivity contribution in [2.75, 3.05) is 51.0 Å². The van der Waals surface area contributed by atoms with E-state index in [4.69, 9.17) is 32.2 Å². The number of hydrogen-bond donors (Lipinski definition) is 0. The molecule has 3 heterocycles. The van der Waals surface area contributed by atoms with Gasteiger partial charge in [-0.2, -0.15) is 8.42 Å². The monoisotopic (exact) mass is 573 g/mol. The Morgan fingerprint density at radius 1 is 1.08 bits per heavy atom. The fourth-order valence-corrected chi connectivity index (χ4v) is 4.54. The van der Waals surface area contributed by atoms with E-state index in [2.05, 4.69) is 24.8 Å². The number of benzene rings is 1. The Hall–Kier alpha value is -3.32. The highest BCUT2D eigenvalue weighted by Gasteiger charge is 2.20. The highest BCUT2D eigenvalue weighted by molar-refractivity contribution is 7.85. The lowest BCUT2D eigenvalue weighted by atomic mass is 10.1. The van der Waals surface area contributed by atoms with Crippen LogP contribution in [0.3, 0.4) is 0 Å². The second kappa shape index (κ2) is 12.7. The predicted molar refractivity (Wildman–Crippen MR) is 145 cm³/mol. The van der Waals surface area contributed by atoms with E-state index in [9.17, 15) is 13.2 Å². The van der Waals surface area contributed by atoms with Crippen molar-refractivity contribution in [3.05, 3.63) is 65.8 Å². The van der Waals surface area contributed by atoms with E-state index in [0.717, 1.165) is 32.4 Å². The summed E-state index contributed by atoms with van der Waals surface area (Å²) < 4.78 is 38.7. The van der Waals surface area contributed by atoms with Gasteiger partial charge in [0.15, 0.2) is 5.75 Å². The van der Waals surface area contributed by atoms with Gasteiger partial charge in [0.25, 0.3) is 10.1 Å². The first-order chi connectivity index (χ1) is 18.6. The smallest absolute Gasteiger partial charge is 0.306 e. The number of methoxy groups -OCH3 is 1. The van der Waals surface area contributed by atoms with Crippen LogP contribution in [-0.4, -0.2) is 80.3 Å². The minimum Gasteiger partial charge on any atom is -0.469 e. The Morgan fingerprint density at radius 2 is 1.79 bits per heavy atom. The molecule has 3 aromatic rings. The molecular weight excluding hydrogens is 546 g/mol. The van der Waals surface area contributed by atoms with Gasteiger partial charge >= 0.3 is 5.97 Å². The third-order valence-electron chi connectivity index (χ3n) is 5.87. The minimum absolute atomic E-state index is 0.189. The van der Waals surface area contributed by atoms with E-state index in [1.165, 1.54) is 7.11 Å². The number of ether oxygens (including phenoxy) is 2. The largest absolute Gasteiger partial charge is 0.469 e. The molecule has 1 aromatic carbocycles. The molecule has 0 aliphatic carbocycles. The second-order valence-corrected chi connectivity index (χ2v) is 11.0. The van der Waals surface area contributed by atoms with E-state index in [1.54, 1.807) is 42.7 Å².